The highest BCUT2D eigenvalue weighted by molar-refractivity contribution is 9.10. The van der Waals surface area contributed by atoms with Gasteiger partial charge in [-0.05, 0) is 43.5 Å². The summed E-state index contributed by atoms with van der Waals surface area (Å²) in [4.78, 5) is 0. The van der Waals surface area contributed by atoms with Gasteiger partial charge in [0.25, 0.3) is 0 Å². The fourth-order valence-electron chi connectivity index (χ4n) is 3.29. The Balaban J connectivity index is 2.12. The summed E-state index contributed by atoms with van der Waals surface area (Å²) >= 11 is 3.67. The third-order valence-electron chi connectivity index (χ3n) is 4.57. The second kappa shape index (κ2) is 8.04. The van der Waals surface area contributed by atoms with Crippen molar-refractivity contribution in [2.75, 3.05) is 21.3 Å². The van der Waals surface area contributed by atoms with Gasteiger partial charge in [0.1, 0.15) is 0 Å². The highest BCUT2D eigenvalue weighted by Crippen LogP contribution is 2.38. The van der Waals surface area contributed by atoms with Crippen molar-refractivity contribution >= 4 is 15.9 Å². The normalized spacial score (nSPS) is 17.0. The lowest BCUT2D eigenvalue weighted by atomic mass is 9.94. The largest absolute Gasteiger partial charge is 0.493 e. The molecular formula is C17H26BrNO2. The number of hydrogen-bond donors (Lipinski definition) is 1. The molecule has 0 amide bonds. The van der Waals surface area contributed by atoms with Gasteiger partial charge in [-0.25, -0.2) is 0 Å². The molecule has 0 aliphatic heterocycles. The Morgan fingerprint density at radius 1 is 1.19 bits per heavy atom. The molecule has 4 heteroatoms. The number of methoxy groups -OCH3 is 2. The molecule has 0 bridgehead atoms. The van der Waals surface area contributed by atoms with Gasteiger partial charge in [-0.3, -0.25) is 0 Å². The van der Waals surface area contributed by atoms with Gasteiger partial charge in [-0.1, -0.05) is 41.6 Å². The number of halogens is 1. The van der Waals surface area contributed by atoms with Crippen molar-refractivity contribution in [2.45, 2.75) is 44.6 Å². The molecule has 1 N–H and O–H groups in total. The van der Waals surface area contributed by atoms with Crippen LogP contribution in [-0.4, -0.2) is 21.3 Å². The van der Waals surface area contributed by atoms with Crippen LogP contribution in [0.15, 0.2) is 16.6 Å². The Morgan fingerprint density at radius 2 is 1.81 bits per heavy atom. The van der Waals surface area contributed by atoms with Crippen LogP contribution in [0.2, 0.25) is 0 Å². The van der Waals surface area contributed by atoms with Crippen LogP contribution < -0.4 is 14.8 Å². The zero-order valence-electron chi connectivity index (χ0n) is 13.2. The van der Waals surface area contributed by atoms with Crippen LogP contribution in [0.5, 0.6) is 11.5 Å². The molecular weight excluding hydrogens is 330 g/mol. The smallest absolute Gasteiger partial charge is 0.161 e. The maximum absolute atomic E-state index is 5.43. The minimum Gasteiger partial charge on any atom is -0.493 e. The lowest BCUT2D eigenvalue weighted by Crippen LogP contribution is -2.18. The number of hydrogen-bond acceptors (Lipinski definition) is 3. The molecule has 1 aliphatic carbocycles. The minimum absolute atomic E-state index is 0.347. The van der Waals surface area contributed by atoms with Crippen LogP contribution in [0.3, 0.4) is 0 Å². The molecule has 0 radical (unpaired) electrons. The predicted molar refractivity (Wildman–Crippen MR) is 90.2 cm³/mol. The summed E-state index contributed by atoms with van der Waals surface area (Å²) in [6.07, 6.45) is 8.10. The highest BCUT2D eigenvalue weighted by Gasteiger charge is 2.20. The molecule has 1 unspecified atom stereocenters. The third kappa shape index (κ3) is 4.13. The predicted octanol–water partition coefficient (Wildman–Crippen LogP) is 4.70. The number of nitrogens with one attached hydrogen (secondary N) is 1. The van der Waals surface area contributed by atoms with E-state index in [1.54, 1.807) is 14.2 Å². The van der Waals surface area contributed by atoms with E-state index in [0.29, 0.717) is 6.04 Å². The zero-order chi connectivity index (χ0) is 15.2. The van der Waals surface area contributed by atoms with Crippen molar-refractivity contribution in [3.05, 3.63) is 22.2 Å². The lowest BCUT2D eigenvalue weighted by molar-refractivity contribution is 0.353. The fourth-order valence-corrected chi connectivity index (χ4v) is 3.89. The Bertz CT molecular complexity index is 458. The molecule has 1 aromatic rings. The van der Waals surface area contributed by atoms with E-state index in [4.69, 9.17) is 9.47 Å². The number of rotatable bonds is 7. The highest BCUT2D eigenvalue weighted by atomic mass is 79.9. The Morgan fingerprint density at radius 3 is 2.38 bits per heavy atom. The van der Waals surface area contributed by atoms with E-state index in [1.807, 2.05) is 13.1 Å². The van der Waals surface area contributed by atoms with Crippen LogP contribution in [-0.2, 0) is 0 Å². The molecule has 0 aromatic heterocycles. The SMILES string of the molecule is CNC(CCC1CCCC1)c1cc(OC)c(OC)cc1Br. The number of ether oxygens (including phenoxy) is 2. The average Bonchev–Trinajstić information content (AvgIpc) is 3.02. The van der Waals surface area contributed by atoms with Crippen molar-refractivity contribution in [1.82, 2.24) is 5.32 Å². The van der Waals surface area contributed by atoms with Crippen molar-refractivity contribution < 1.29 is 9.47 Å². The van der Waals surface area contributed by atoms with Crippen molar-refractivity contribution in [1.29, 1.82) is 0 Å². The second-order valence-corrected chi connectivity index (χ2v) is 6.65. The first-order valence-corrected chi connectivity index (χ1v) is 8.57. The third-order valence-corrected chi connectivity index (χ3v) is 5.25. The standard InChI is InChI=1S/C17H26BrNO2/c1-19-15(9-8-12-6-4-5-7-12)13-10-16(20-2)17(21-3)11-14(13)18/h10-12,15,19H,4-9H2,1-3H3. The van der Waals surface area contributed by atoms with Gasteiger partial charge in [0.2, 0.25) is 0 Å². The Labute approximate surface area is 136 Å². The van der Waals surface area contributed by atoms with Crippen molar-refractivity contribution in [3.63, 3.8) is 0 Å². The number of benzene rings is 1. The van der Waals surface area contributed by atoms with Gasteiger partial charge in [0.15, 0.2) is 11.5 Å². The van der Waals surface area contributed by atoms with Gasteiger partial charge in [0.05, 0.1) is 14.2 Å². The second-order valence-electron chi connectivity index (χ2n) is 5.80. The van der Waals surface area contributed by atoms with Gasteiger partial charge >= 0.3 is 0 Å². The topological polar surface area (TPSA) is 30.5 Å². The summed E-state index contributed by atoms with van der Waals surface area (Å²) < 4.78 is 11.9. The molecule has 1 aromatic carbocycles. The van der Waals surface area contributed by atoms with Crippen molar-refractivity contribution in [3.8, 4) is 11.5 Å². The molecule has 0 spiro atoms. The maximum atomic E-state index is 5.43. The lowest BCUT2D eigenvalue weighted by Gasteiger charge is -2.21. The first kappa shape index (κ1) is 16.6. The maximum Gasteiger partial charge on any atom is 0.161 e. The average molecular weight is 356 g/mol. The molecule has 0 heterocycles. The van der Waals surface area contributed by atoms with E-state index >= 15 is 0 Å². The van der Waals surface area contributed by atoms with Gasteiger partial charge in [0, 0.05) is 10.5 Å². The fraction of sp³-hybridized carbons (Fsp3) is 0.647. The van der Waals surface area contributed by atoms with E-state index in [9.17, 15) is 0 Å². The van der Waals surface area contributed by atoms with Crippen LogP contribution >= 0.6 is 15.9 Å². The zero-order valence-corrected chi connectivity index (χ0v) is 14.8. The summed E-state index contributed by atoms with van der Waals surface area (Å²) in [7, 11) is 5.38. The van der Waals surface area contributed by atoms with Gasteiger partial charge in [-0.2, -0.15) is 0 Å². The van der Waals surface area contributed by atoms with E-state index in [1.165, 1.54) is 37.7 Å². The molecule has 118 valence electrons. The monoisotopic (exact) mass is 355 g/mol. The molecule has 1 saturated carbocycles. The van der Waals surface area contributed by atoms with E-state index in [-0.39, 0.29) is 0 Å². The quantitative estimate of drug-likeness (QED) is 0.768. The van der Waals surface area contributed by atoms with E-state index < -0.39 is 0 Å². The van der Waals surface area contributed by atoms with E-state index in [0.717, 1.165) is 28.3 Å². The summed E-state index contributed by atoms with van der Waals surface area (Å²) in [6, 6.07) is 4.42. The molecule has 1 fully saturated rings. The summed E-state index contributed by atoms with van der Waals surface area (Å²) in [5.74, 6) is 2.47. The first-order chi connectivity index (χ1) is 10.2. The van der Waals surface area contributed by atoms with Crippen LogP contribution in [0.25, 0.3) is 0 Å². The van der Waals surface area contributed by atoms with Gasteiger partial charge < -0.3 is 14.8 Å². The van der Waals surface area contributed by atoms with Crippen molar-refractivity contribution in [2.24, 2.45) is 5.92 Å². The molecule has 1 atom stereocenters. The molecule has 21 heavy (non-hydrogen) atoms. The Hall–Kier alpha value is -0.740. The van der Waals surface area contributed by atoms with Gasteiger partial charge in [-0.15, -0.1) is 0 Å². The van der Waals surface area contributed by atoms with Crippen LogP contribution in [0, 0.1) is 5.92 Å². The summed E-state index contributed by atoms with van der Waals surface area (Å²) in [6.45, 7) is 0. The Kier molecular flexibility index (Phi) is 6.37. The molecule has 0 saturated heterocycles. The summed E-state index contributed by atoms with van der Waals surface area (Å²) in [5, 5.41) is 3.45. The summed E-state index contributed by atoms with van der Waals surface area (Å²) in [5.41, 5.74) is 1.24. The van der Waals surface area contributed by atoms with Crippen LogP contribution in [0.1, 0.15) is 50.1 Å². The molecule has 3 nitrogen and oxygen atoms in total. The van der Waals surface area contributed by atoms with E-state index in [2.05, 4.69) is 27.3 Å². The molecule has 2 rings (SSSR count). The minimum atomic E-state index is 0.347. The molecule has 1 aliphatic rings. The van der Waals surface area contributed by atoms with Crippen LogP contribution in [0.4, 0.5) is 0 Å². The first-order valence-electron chi connectivity index (χ1n) is 7.78.